The Morgan fingerprint density at radius 1 is 1.06 bits per heavy atom. The summed E-state index contributed by atoms with van der Waals surface area (Å²) in [5, 5.41) is 2.78. The van der Waals surface area contributed by atoms with Gasteiger partial charge in [-0.3, -0.25) is 14.6 Å². The van der Waals surface area contributed by atoms with E-state index in [0.717, 1.165) is 12.1 Å². The van der Waals surface area contributed by atoms with Crippen molar-refractivity contribution >= 4 is 17.5 Å². The fourth-order valence-electron chi connectivity index (χ4n) is 3.56. The fraction of sp³-hybridized carbons (Fsp3) is 0.208. The molecule has 1 atom stereocenters. The summed E-state index contributed by atoms with van der Waals surface area (Å²) in [6.45, 7) is 0.164. The molecule has 2 amide bonds. The minimum Gasteiger partial charge on any atom is -0.457 e. The number of ether oxygens (including phenoxy) is 1. The molecule has 1 aliphatic heterocycles. The predicted molar refractivity (Wildman–Crippen MR) is 114 cm³/mol. The molecule has 0 radical (unpaired) electrons. The molecule has 1 N–H and O–H groups in total. The van der Waals surface area contributed by atoms with Crippen LogP contribution in [0.5, 0.6) is 11.5 Å². The molecule has 6 nitrogen and oxygen atoms in total. The molecule has 3 aromatic rings. The number of amides is 2. The number of anilines is 1. The lowest BCUT2D eigenvalue weighted by Gasteiger charge is -2.18. The molecule has 2 aromatic carbocycles. The molecule has 0 aliphatic carbocycles. The van der Waals surface area contributed by atoms with Crippen molar-refractivity contribution < 1.29 is 27.5 Å². The summed E-state index contributed by atoms with van der Waals surface area (Å²) in [5.41, 5.74) is 0.146. The first-order chi connectivity index (χ1) is 15.8. The van der Waals surface area contributed by atoms with Crippen LogP contribution in [0.2, 0.25) is 0 Å². The van der Waals surface area contributed by atoms with Crippen LogP contribution in [0.15, 0.2) is 73.1 Å². The second-order valence-corrected chi connectivity index (χ2v) is 7.67. The van der Waals surface area contributed by atoms with Crippen LogP contribution in [-0.4, -0.2) is 28.2 Å². The Bertz CT molecular complexity index is 1130. The number of carbonyl (C=O) groups excluding carboxylic acids is 2. The molecule has 1 unspecified atom stereocenters. The number of rotatable bonds is 6. The van der Waals surface area contributed by atoms with Crippen LogP contribution >= 0.6 is 0 Å². The van der Waals surface area contributed by atoms with Gasteiger partial charge >= 0.3 is 6.18 Å². The number of nitrogens with zero attached hydrogens (tertiary/aromatic N) is 2. The zero-order chi connectivity index (χ0) is 23.4. The van der Waals surface area contributed by atoms with Crippen molar-refractivity contribution in [1.82, 2.24) is 9.88 Å². The highest BCUT2D eigenvalue weighted by atomic mass is 19.4. The highest BCUT2D eigenvalue weighted by molar-refractivity contribution is 5.97. The van der Waals surface area contributed by atoms with E-state index < -0.39 is 17.7 Å². The van der Waals surface area contributed by atoms with Gasteiger partial charge in [-0.25, -0.2) is 0 Å². The number of halogens is 3. The van der Waals surface area contributed by atoms with Gasteiger partial charge in [-0.05, 0) is 54.1 Å². The van der Waals surface area contributed by atoms with Crippen LogP contribution in [0.4, 0.5) is 18.9 Å². The van der Waals surface area contributed by atoms with Gasteiger partial charge in [0.25, 0.3) is 0 Å². The standard InChI is InChI=1S/C24H20F3N3O3/c25-24(26,27)18-3-1-2-16(12-18)14-30-15-17(13-22(30)31)23(32)29-19-4-6-20(7-5-19)33-21-8-10-28-11-9-21/h1-12,17H,13-15H2,(H,29,32). The first-order valence-electron chi connectivity index (χ1n) is 10.2. The van der Waals surface area contributed by atoms with E-state index in [1.807, 2.05) is 0 Å². The van der Waals surface area contributed by atoms with E-state index in [9.17, 15) is 22.8 Å². The number of benzene rings is 2. The zero-order valence-electron chi connectivity index (χ0n) is 17.4. The number of nitrogens with one attached hydrogen (secondary N) is 1. The van der Waals surface area contributed by atoms with Crippen molar-refractivity contribution in [2.75, 3.05) is 11.9 Å². The van der Waals surface area contributed by atoms with E-state index in [1.54, 1.807) is 48.8 Å². The third kappa shape index (κ3) is 5.68. The molecule has 1 fully saturated rings. The zero-order valence-corrected chi connectivity index (χ0v) is 17.4. The van der Waals surface area contributed by atoms with Crippen molar-refractivity contribution in [1.29, 1.82) is 0 Å². The Morgan fingerprint density at radius 3 is 2.45 bits per heavy atom. The highest BCUT2D eigenvalue weighted by Crippen LogP contribution is 2.30. The van der Waals surface area contributed by atoms with E-state index >= 15 is 0 Å². The SMILES string of the molecule is O=C(Nc1ccc(Oc2ccncc2)cc1)C1CC(=O)N(Cc2cccc(C(F)(F)F)c2)C1. The predicted octanol–water partition coefficient (Wildman–Crippen LogP) is 4.88. The molecule has 4 rings (SSSR count). The maximum atomic E-state index is 12.9. The molecular weight excluding hydrogens is 435 g/mol. The molecule has 0 spiro atoms. The van der Waals surface area contributed by atoms with Crippen LogP contribution in [0.3, 0.4) is 0 Å². The van der Waals surface area contributed by atoms with E-state index in [2.05, 4.69) is 10.3 Å². The van der Waals surface area contributed by atoms with Gasteiger partial charge in [-0.1, -0.05) is 12.1 Å². The minimum absolute atomic E-state index is 0.00797. The van der Waals surface area contributed by atoms with Gasteiger partial charge < -0.3 is 15.0 Å². The van der Waals surface area contributed by atoms with Crippen molar-refractivity contribution in [2.45, 2.75) is 19.1 Å². The number of pyridine rings is 1. The van der Waals surface area contributed by atoms with Crippen molar-refractivity contribution in [3.63, 3.8) is 0 Å². The maximum Gasteiger partial charge on any atom is 0.416 e. The average Bonchev–Trinajstić information content (AvgIpc) is 3.16. The van der Waals surface area contributed by atoms with Gasteiger partial charge in [0.15, 0.2) is 0 Å². The third-order valence-corrected chi connectivity index (χ3v) is 5.22. The molecule has 1 saturated heterocycles. The third-order valence-electron chi connectivity index (χ3n) is 5.22. The topological polar surface area (TPSA) is 71.5 Å². The molecule has 2 heterocycles. The fourth-order valence-corrected chi connectivity index (χ4v) is 3.56. The number of carbonyl (C=O) groups is 2. The summed E-state index contributed by atoms with van der Waals surface area (Å²) >= 11 is 0. The quantitative estimate of drug-likeness (QED) is 0.575. The Balaban J connectivity index is 1.34. The van der Waals surface area contributed by atoms with E-state index in [-0.39, 0.29) is 31.3 Å². The first kappa shape index (κ1) is 22.3. The van der Waals surface area contributed by atoms with E-state index in [1.165, 1.54) is 17.0 Å². The summed E-state index contributed by atoms with van der Waals surface area (Å²) in [6.07, 6.45) is -1.22. The number of likely N-dealkylation sites (tertiary alicyclic amines) is 1. The van der Waals surface area contributed by atoms with Crippen LogP contribution in [0.25, 0.3) is 0 Å². The van der Waals surface area contributed by atoms with Gasteiger partial charge in [0, 0.05) is 37.6 Å². The lowest BCUT2D eigenvalue weighted by atomic mass is 10.1. The minimum atomic E-state index is -4.45. The van der Waals surface area contributed by atoms with Gasteiger partial charge in [0.2, 0.25) is 11.8 Å². The number of aromatic nitrogens is 1. The molecule has 170 valence electrons. The molecular formula is C24H20F3N3O3. The van der Waals surface area contributed by atoms with Crippen LogP contribution in [0, 0.1) is 5.92 Å². The maximum absolute atomic E-state index is 12.9. The summed E-state index contributed by atoms with van der Waals surface area (Å²) in [4.78, 5) is 30.3. The Morgan fingerprint density at radius 2 is 1.76 bits per heavy atom. The van der Waals surface area contributed by atoms with Crippen molar-refractivity contribution in [3.8, 4) is 11.5 Å². The van der Waals surface area contributed by atoms with E-state index in [4.69, 9.17) is 4.74 Å². The molecule has 9 heteroatoms. The smallest absolute Gasteiger partial charge is 0.416 e. The summed E-state index contributed by atoms with van der Waals surface area (Å²) in [7, 11) is 0. The molecule has 33 heavy (non-hydrogen) atoms. The van der Waals surface area contributed by atoms with Gasteiger partial charge in [-0.15, -0.1) is 0 Å². The summed E-state index contributed by atoms with van der Waals surface area (Å²) in [6, 6.07) is 15.1. The molecule has 0 saturated carbocycles. The molecule has 1 aliphatic rings. The van der Waals surface area contributed by atoms with Crippen LogP contribution in [-0.2, 0) is 22.3 Å². The Kier molecular flexibility index (Phi) is 6.30. The van der Waals surface area contributed by atoms with Gasteiger partial charge in [0.05, 0.1) is 11.5 Å². The average molecular weight is 455 g/mol. The molecule has 0 bridgehead atoms. The summed E-state index contributed by atoms with van der Waals surface area (Å²) < 4.78 is 44.4. The second-order valence-electron chi connectivity index (χ2n) is 7.67. The van der Waals surface area contributed by atoms with E-state index in [0.29, 0.717) is 22.7 Å². The largest absolute Gasteiger partial charge is 0.457 e. The normalized spacial score (nSPS) is 16.0. The van der Waals surface area contributed by atoms with Crippen molar-refractivity contribution in [2.24, 2.45) is 5.92 Å². The summed E-state index contributed by atoms with van der Waals surface area (Å²) in [5.74, 6) is 0.0389. The van der Waals surface area contributed by atoms with Gasteiger partial charge in [-0.2, -0.15) is 13.2 Å². The van der Waals surface area contributed by atoms with Gasteiger partial charge in [0.1, 0.15) is 11.5 Å². The number of hydrogen-bond donors (Lipinski definition) is 1. The first-order valence-corrected chi connectivity index (χ1v) is 10.2. The van der Waals surface area contributed by atoms with Crippen LogP contribution in [0.1, 0.15) is 17.5 Å². The Labute approximate surface area is 188 Å². The van der Waals surface area contributed by atoms with Crippen LogP contribution < -0.4 is 10.1 Å². The lowest BCUT2D eigenvalue weighted by Crippen LogP contribution is -2.28. The van der Waals surface area contributed by atoms with Crippen molar-refractivity contribution in [3.05, 3.63) is 84.2 Å². The number of alkyl halides is 3. The molecule has 1 aromatic heterocycles. The highest BCUT2D eigenvalue weighted by Gasteiger charge is 2.35. The lowest BCUT2D eigenvalue weighted by molar-refractivity contribution is -0.137. The Hall–Kier alpha value is -3.88. The second kappa shape index (κ2) is 9.32. The number of hydrogen-bond acceptors (Lipinski definition) is 4. The monoisotopic (exact) mass is 455 g/mol.